The number of esters is 1. The first-order valence-corrected chi connectivity index (χ1v) is 10.3. The monoisotopic (exact) mass is 416 g/mol. The standard InChI is InChI=1S/C24H24N4O3/c1-17(24(30)25-21-11-10-19-8-5-9-20(19)14-21)31-23(29)13-12-22-16-28(27-26-22)15-18-6-3-2-4-7-18/h2-4,6-7,10-14,16-17H,5,8-9,15H2,1H3,(H,25,30)/b13-12+/t17-/m0/s1. The lowest BCUT2D eigenvalue weighted by Gasteiger charge is -2.13. The third kappa shape index (κ3) is 5.45. The van der Waals surface area contributed by atoms with Crippen molar-refractivity contribution in [3.05, 3.63) is 83.2 Å². The van der Waals surface area contributed by atoms with E-state index in [1.807, 2.05) is 48.5 Å². The van der Waals surface area contributed by atoms with Crippen LogP contribution in [0.25, 0.3) is 6.08 Å². The summed E-state index contributed by atoms with van der Waals surface area (Å²) in [5.41, 5.74) is 4.96. The second kappa shape index (κ2) is 9.38. The molecule has 4 rings (SSSR count). The van der Waals surface area contributed by atoms with Gasteiger partial charge in [-0.3, -0.25) is 4.79 Å². The molecule has 0 unspecified atom stereocenters. The van der Waals surface area contributed by atoms with E-state index in [0.717, 1.165) is 30.5 Å². The van der Waals surface area contributed by atoms with Crippen LogP contribution in [0.15, 0.2) is 60.8 Å². The van der Waals surface area contributed by atoms with Crippen LogP contribution in [0.1, 0.15) is 35.7 Å². The van der Waals surface area contributed by atoms with Gasteiger partial charge in [-0.05, 0) is 61.1 Å². The minimum atomic E-state index is -0.917. The van der Waals surface area contributed by atoms with E-state index in [2.05, 4.69) is 15.6 Å². The molecule has 0 radical (unpaired) electrons. The highest BCUT2D eigenvalue weighted by Crippen LogP contribution is 2.25. The number of aromatic nitrogens is 3. The second-order valence-electron chi connectivity index (χ2n) is 7.57. The van der Waals surface area contributed by atoms with E-state index in [0.29, 0.717) is 12.2 Å². The quantitative estimate of drug-likeness (QED) is 0.471. The van der Waals surface area contributed by atoms with Crippen molar-refractivity contribution in [1.82, 2.24) is 15.0 Å². The molecule has 158 valence electrons. The molecule has 2 aromatic carbocycles. The molecular formula is C24H24N4O3. The lowest BCUT2D eigenvalue weighted by Crippen LogP contribution is -2.29. The molecule has 0 saturated carbocycles. The van der Waals surface area contributed by atoms with Gasteiger partial charge in [-0.2, -0.15) is 0 Å². The van der Waals surface area contributed by atoms with Gasteiger partial charge in [-0.25, -0.2) is 9.48 Å². The van der Waals surface area contributed by atoms with Crippen LogP contribution in [-0.4, -0.2) is 33.0 Å². The number of carbonyl (C=O) groups excluding carboxylic acids is 2. The minimum Gasteiger partial charge on any atom is -0.449 e. The maximum Gasteiger partial charge on any atom is 0.331 e. The molecule has 1 atom stereocenters. The van der Waals surface area contributed by atoms with Crippen molar-refractivity contribution in [2.24, 2.45) is 0 Å². The Kier molecular flexibility index (Phi) is 6.21. The number of carbonyl (C=O) groups is 2. The lowest BCUT2D eigenvalue weighted by molar-refractivity contribution is -0.148. The Morgan fingerprint density at radius 1 is 1.16 bits per heavy atom. The molecule has 0 spiro atoms. The van der Waals surface area contributed by atoms with Crippen molar-refractivity contribution >= 4 is 23.6 Å². The highest BCUT2D eigenvalue weighted by atomic mass is 16.5. The van der Waals surface area contributed by atoms with Gasteiger partial charge in [0.1, 0.15) is 5.69 Å². The van der Waals surface area contributed by atoms with E-state index in [9.17, 15) is 9.59 Å². The van der Waals surface area contributed by atoms with Gasteiger partial charge < -0.3 is 10.1 Å². The zero-order valence-electron chi connectivity index (χ0n) is 17.3. The largest absolute Gasteiger partial charge is 0.449 e. The van der Waals surface area contributed by atoms with Gasteiger partial charge in [0.15, 0.2) is 6.10 Å². The van der Waals surface area contributed by atoms with Crippen molar-refractivity contribution in [1.29, 1.82) is 0 Å². The zero-order chi connectivity index (χ0) is 21.6. The molecule has 1 aromatic heterocycles. The van der Waals surface area contributed by atoms with Crippen molar-refractivity contribution in [3.63, 3.8) is 0 Å². The van der Waals surface area contributed by atoms with Crippen LogP contribution in [0.2, 0.25) is 0 Å². The van der Waals surface area contributed by atoms with Crippen LogP contribution >= 0.6 is 0 Å². The number of nitrogens with one attached hydrogen (secondary N) is 1. The van der Waals surface area contributed by atoms with Gasteiger partial charge in [-0.15, -0.1) is 5.10 Å². The number of benzene rings is 2. The van der Waals surface area contributed by atoms with Crippen molar-refractivity contribution in [3.8, 4) is 0 Å². The molecule has 0 aliphatic heterocycles. The number of hydrogen-bond acceptors (Lipinski definition) is 5. The summed E-state index contributed by atoms with van der Waals surface area (Å²) in [6.07, 6.45) is 6.85. The Bertz CT molecular complexity index is 1110. The summed E-state index contributed by atoms with van der Waals surface area (Å²) in [4.78, 5) is 24.5. The number of nitrogens with zero attached hydrogens (tertiary/aromatic N) is 3. The van der Waals surface area contributed by atoms with E-state index in [-0.39, 0.29) is 5.91 Å². The first-order chi connectivity index (χ1) is 15.1. The van der Waals surface area contributed by atoms with Crippen LogP contribution in [0.4, 0.5) is 5.69 Å². The maximum atomic E-state index is 12.4. The number of fused-ring (bicyclic) bond motifs is 1. The number of rotatable bonds is 7. The molecule has 1 aliphatic rings. The van der Waals surface area contributed by atoms with Crippen LogP contribution in [0.3, 0.4) is 0 Å². The average molecular weight is 416 g/mol. The summed E-state index contributed by atoms with van der Waals surface area (Å²) in [6.45, 7) is 2.14. The van der Waals surface area contributed by atoms with E-state index < -0.39 is 12.1 Å². The Morgan fingerprint density at radius 2 is 1.97 bits per heavy atom. The number of ether oxygens (including phenoxy) is 1. The predicted molar refractivity (Wildman–Crippen MR) is 117 cm³/mol. The molecule has 0 saturated heterocycles. The Labute approximate surface area is 180 Å². The summed E-state index contributed by atoms with van der Waals surface area (Å²) in [5, 5.41) is 10.9. The Morgan fingerprint density at radius 3 is 2.81 bits per heavy atom. The summed E-state index contributed by atoms with van der Waals surface area (Å²) in [5.74, 6) is -0.984. The molecule has 1 heterocycles. The third-order valence-electron chi connectivity index (χ3n) is 5.16. The molecule has 7 nitrogen and oxygen atoms in total. The van der Waals surface area contributed by atoms with Crippen molar-refractivity contribution < 1.29 is 14.3 Å². The molecular weight excluding hydrogens is 392 g/mol. The van der Waals surface area contributed by atoms with Crippen molar-refractivity contribution in [2.45, 2.75) is 38.8 Å². The van der Waals surface area contributed by atoms with Gasteiger partial charge in [0.05, 0.1) is 12.7 Å². The summed E-state index contributed by atoms with van der Waals surface area (Å²) in [7, 11) is 0. The summed E-state index contributed by atoms with van der Waals surface area (Å²) in [6, 6.07) is 15.8. The normalized spacial score (nSPS) is 13.7. The van der Waals surface area contributed by atoms with Crippen LogP contribution in [-0.2, 0) is 33.7 Å². The molecule has 1 amide bonds. The molecule has 1 aliphatic carbocycles. The fraction of sp³-hybridized carbons (Fsp3) is 0.250. The fourth-order valence-corrected chi connectivity index (χ4v) is 3.55. The number of amides is 1. The topological polar surface area (TPSA) is 86.1 Å². The number of aryl methyl sites for hydroxylation is 2. The van der Waals surface area contributed by atoms with Gasteiger partial charge >= 0.3 is 5.97 Å². The summed E-state index contributed by atoms with van der Waals surface area (Å²) >= 11 is 0. The van der Waals surface area contributed by atoms with Gasteiger partial charge in [0, 0.05) is 11.8 Å². The smallest absolute Gasteiger partial charge is 0.331 e. The lowest BCUT2D eigenvalue weighted by atomic mass is 10.1. The maximum absolute atomic E-state index is 12.4. The van der Waals surface area contributed by atoms with E-state index in [1.165, 1.54) is 23.3 Å². The Hall–Kier alpha value is -3.74. The Balaban J connectivity index is 1.28. The van der Waals surface area contributed by atoms with Gasteiger partial charge in [-0.1, -0.05) is 41.6 Å². The van der Waals surface area contributed by atoms with Gasteiger partial charge in [0.25, 0.3) is 5.91 Å². The molecule has 7 heteroatoms. The first kappa shape index (κ1) is 20.5. The predicted octanol–water partition coefficient (Wildman–Crippen LogP) is 3.40. The van der Waals surface area contributed by atoms with Gasteiger partial charge in [0.2, 0.25) is 0 Å². The molecule has 0 fully saturated rings. The number of hydrogen-bond donors (Lipinski definition) is 1. The minimum absolute atomic E-state index is 0.367. The van der Waals surface area contributed by atoms with E-state index >= 15 is 0 Å². The molecule has 1 N–H and O–H groups in total. The molecule has 3 aromatic rings. The average Bonchev–Trinajstić information content (AvgIpc) is 3.42. The molecule has 0 bridgehead atoms. The van der Waals surface area contributed by atoms with E-state index in [4.69, 9.17) is 4.74 Å². The highest BCUT2D eigenvalue weighted by Gasteiger charge is 2.18. The highest BCUT2D eigenvalue weighted by molar-refractivity contribution is 5.96. The van der Waals surface area contributed by atoms with Crippen LogP contribution in [0, 0.1) is 0 Å². The first-order valence-electron chi connectivity index (χ1n) is 10.3. The summed E-state index contributed by atoms with van der Waals surface area (Å²) < 4.78 is 6.90. The van der Waals surface area contributed by atoms with Crippen molar-refractivity contribution in [2.75, 3.05) is 5.32 Å². The fourth-order valence-electron chi connectivity index (χ4n) is 3.55. The van der Waals surface area contributed by atoms with Crippen LogP contribution in [0.5, 0.6) is 0 Å². The molecule has 31 heavy (non-hydrogen) atoms. The SMILES string of the molecule is C[C@H](OC(=O)/C=C/c1cn(Cc2ccccc2)nn1)C(=O)Nc1ccc2c(c1)CCC2. The second-order valence-corrected chi connectivity index (χ2v) is 7.57. The van der Waals surface area contributed by atoms with Crippen LogP contribution < -0.4 is 5.32 Å². The van der Waals surface area contributed by atoms with E-state index in [1.54, 1.807) is 17.8 Å². The third-order valence-corrected chi connectivity index (χ3v) is 5.16. The number of anilines is 1. The zero-order valence-corrected chi connectivity index (χ0v) is 17.3.